The summed E-state index contributed by atoms with van der Waals surface area (Å²) in [6, 6.07) is 17.6. The van der Waals surface area contributed by atoms with Gasteiger partial charge in [0.2, 0.25) is 0 Å². The summed E-state index contributed by atoms with van der Waals surface area (Å²) >= 11 is 0. The number of aromatic nitrogens is 5. The van der Waals surface area contributed by atoms with E-state index in [4.69, 9.17) is 9.72 Å². The number of pyridine rings is 1. The molecule has 1 aliphatic heterocycles. The molecular formula is C28H29N5O4S. The highest BCUT2D eigenvalue weighted by atomic mass is 32.2. The molecule has 0 saturated carbocycles. The van der Waals surface area contributed by atoms with Gasteiger partial charge in [0, 0.05) is 43.7 Å². The second kappa shape index (κ2) is 9.61. The Morgan fingerprint density at radius 2 is 1.84 bits per heavy atom. The van der Waals surface area contributed by atoms with Crippen LogP contribution in [0.4, 0.5) is 0 Å². The second-order valence-electron chi connectivity index (χ2n) is 9.88. The zero-order chi connectivity index (χ0) is 26.4. The van der Waals surface area contributed by atoms with E-state index >= 15 is 0 Å². The zero-order valence-corrected chi connectivity index (χ0v) is 22.1. The number of aryl methyl sites for hydroxylation is 1. The Kier molecular flexibility index (Phi) is 6.25. The predicted octanol–water partition coefficient (Wildman–Crippen LogP) is 3.90. The summed E-state index contributed by atoms with van der Waals surface area (Å²) in [7, 11) is -1.64. The van der Waals surface area contributed by atoms with E-state index in [0.29, 0.717) is 24.6 Å². The molecule has 6 rings (SSSR count). The fourth-order valence-corrected chi connectivity index (χ4v) is 6.36. The molecule has 4 heterocycles. The summed E-state index contributed by atoms with van der Waals surface area (Å²) in [5.41, 5.74) is 5.58. The molecule has 1 aliphatic rings. The van der Waals surface area contributed by atoms with E-state index in [9.17, 15) is 13.5 Å². The van der Waals surface area contributed by atoms with Crippen LogP contribution in [-0.4, -0.2) is 57.5 Å². The van der Waals surface area contributed by atoms with Gasteiger partial charge in [0.25, 0.3) is 0 Å². The van der Waals surface area contributed by atoms with Crippen LogP contribution in [-0.2, 0) is 28.2 Å². The Labute approximate surface area is 220 Å². The summed E-state index contributed by atoms with van der Waals surface area (Å²) in [4.78, 5) is 5.14. The minimum absolute atomic E-state index is 0.0612. The largest absolute Gasteiger partial charge is 0.390 e. The van der Waals surface area contributed by atoms with Crippen molar-refractivity contribution in [1.82, 2.24) is 24.5 Å². The molecule has 0 spiro atoms. The highest BCUT2D eigenvalue weighted by Crippen LogP contribution is 2.41. The molecule has 0 amide bonds. The van der Waals surface area contributed by atoms with Gasteiger partial charge >= 0.3 is 0 Å². The Hall–Kier alpha value is -3.60. The van der Waals surface area contributed by atoms with Crippen LogP contribution < -0.4 is 0 Å². The Bertz CT molecular complexity index is 1740. The van der Waals surface area contributed by atoms with Crippen molar-refractivity contribution in [2.24, 2.45) is 13.0 Å². The Morgan fingerprint density at radius 3 is 2.55 bits per heavy atom. The molecule has 1 saturated heterocycles. The van der Waals surface area contributed by atoms with Crippen molar-refractivity contribution in [2.45, 2.75) is 30.4 Å². The summed E-state index contributed by atoms with van der Waals surface area (Å²) in [6.45, 7) is 1.13. The van der Waals surface area contributed by atoms with Crippen LogP contribution >= 0.6 is 0 Å². The third-order valence-corrected chi connectivity index (χ3v) is 8.60. The molecule has 0 bridgehead atoms. The van der Waals surface area contributed by atoms with E-state index in [2.05, 4.69) is 33.1 Å². The summed E-state index contributed by atoms with van der Waals surface area (Å²) in [5.74, 6) is 0.280. The Morgan fingerprint density at radius 1 is 1.08 bits per heavy atom. The van der Waals surface area contributed by atoms with E-state index < -0.39 is 9.84 Å². The molecule has 0 unspecified atom stereocenters. The first-order valence-electron chi connectivity index (χ1n) is 12.6. The molecule has 10 heteroatoms. The lowest BCUT2D eigenvalue weighted by molar-refractivity contribution is 0.0553. The maximum atomic E-state index is 12.6. The van der Waals surface area contributed by atoms with Gasteiger partial charge in [-0.05, 0) is 48.6 Å². The first-order valence-corrected chi connectivity index (χ1v) is 14.5. The molecule has 38 heavy (non-hydrogen) atoms. The van der Waals surface area contributed by atoms with Gasteiger partial charge in [0.1, 0.15) is 5.69 Å². The monoisotopic (exact) mass is 531 g/mol. The smallest absolute Gasteiger partial charge is 0.175 e. The average molecular weight is 532 g/mol. The van der Waals surface area contributed by atoms with Crippen molar-refractivity contribution in [3.8, 4) is 11.3 Å². The number of benzene rings is 2. The first-order chi connectivity index (χ1) is 18.4. The molecule has 0 radical (unpaired) electrons. The van der Waals surface area contributed by atoms with E-state index in [1.807, 2.05) is 24.3 Å². The van der Waals surface area contributed by atoms with E-state index in [1.165, 1.54) is 6.26 Å². The maximum Gasteiger partial charge on any atom is 0.175 e. The van der Waals surface area contributed by atoms with Crippen molar-refractivity contribution >= 4 is 31.8 Å². The molecule has 3 aromatic heterocycles. The van der Waals surface area contributed by atoms with E-state index in [1.54, 1.807) is 30.1 Å². The van der Waals surface area contributed by atoms with Crippen molar-refractivity contribution in [2.75, 3.05) is 19.5 Å². The lowest BCUT2D eigenvalue weighted by Crippen LogP contribution is -2.27. The Balaban J connectivity index is 1.70. The van der Waals surface area contributed by atoms with Crippen molar-refractivity contribution < 1.29 is 18.3 Å². The summed E-state index contributed by atoms with van der Waals surface area (Å²) in [6.07, 6.45) is 4.77. The van der Waals surface area contributed by atoms with Gasteiger partial charge in [-0.2, -0.15) is 0 Å². The summed E-state index contributed by atoms with van der Waals surface area (Å²) in [5, 5.41) is 19.0. The van der Waals surface area contributed by atoms with Crippen LogP contribution in [0.2, 0.25) is 0 Å². The normalized spacial score (nSPS) is 15.9. The third kappa shape index (κ3) is 4.18. The van der Waals surface area contributed by atoms with Gasteiger partial charge in [-0.25, -0.2) is 13.1 Å². The standard InChI is InChI=1S/C28H29N5O4S/c1-32-28(23(17-34)30-31-32)20-14-25-26(29-16-20)22-9-8-21(38(2,35)36)15-24(22)33(25)27(18-6-4-3-5-7-18)19-10-12-37-13-11-19/h3-9,14-16,19,27,34H,10-13,17H2,1-2H3/t27-/m1/s1. The number of hydrogen-bond acceptors (Lipinski definition) is 7. The maximum absolute atomic E-state index is 12.6. The number of hydrogen-bond donors (Lipinski definition) is 1. The third-order valence-electron chi connectivity index (χ3n) is 7.49. The van der Waals surface area contributed by atoms with Crippen molar-refractivity contribution in [3.05, 3.63) is 72.1 Å². The van der Waals surface area contributed by atoms with Crippen molar-refractivity contribution in [3.63, 3.8) is 0 Å². The van der Waals surface area contributed by atoms with Crippen molar-refractivity contribution in [1.29, 1.82) is 0 Å². The summed E-state index contributed by atoms with van der Waals surface area (Å²) < 4.78 is 34.8. The number of ether oxygens (including phenoxy) is 1. The molecule has 1 N–H and O–H groups in total. The second-order valence-corrected chi connectivity index (χ2v) is 11.9. The fraction of sp³-hybridized carbons (Fsp3) is 0.321. The van der Waals surface area contributed by atoms with Crippen LogP contribution in [0.1, 0.15) is 30.1 Å². The first kappa shape index (κ1) is 24.7. The lowest BCUT2D eigenvalue weighted by atomic mass is 9.86. The van der Waals surface area contributed by atoms with E-state index in [0.717, 1.165) is 45.9 Å². The van der Waals surface area contributed by atoms with Crippen LogP contribution in [0, 0.1) is 5.92 Å². The molecule has 9 nitrogen and oxygen atoms in total. The van der Waals surface area contributed by atoms with Gasteiger partial charge < -0.3 is 14.4 Å². The number of rotatable bonds is 6. The number of fused-ring (bicyclic) bond motifs is 3. The van der Waals surface area contributed by atoms with Gasteiger partial charge in [-0.3, -0.25) is 4.98 Å². The van der Waals surface area contributed by atoms with Crippen LogP contribution in [0.3, 0.4) is 0 Å². The van der Waals surface area contributed by atoms with Crippen LogP contribution in [0.5, 0.6) is 0 Å². The molecule has 2 aromatic carbocycles. The van der Waals surface area contributed by atoms with Crippen LogP contribution in [0.25, 0.3) is 33.2 Å². The van der Waals surface area contributed by atoms with Gasteiger partial charge in [-0.15, -0.1) is 5.10 Å². The van der Waals surface area contributed by atoms with Gasteiger partial charge in [0.15, 0.2) is 9.84 Å². The number of sulfone groups is 1. The molecule has 0 aliphatic carbocycles. The minimum atomic E-state index is -3.42. The predicted molar refractivity (Wildman–Crippen MR) is 144 cm³/mol. The minimum Gasteiger partial charge on any atom is -0.390 e. The SMILES string of the molecule is Cn1nnc(CO)c1-c1cnc2c3ccc(S(C)(=O)=O)cc3n([C@H](c3ccccc3)C3CCOCC3)c2c1. The fourth-order valence-electron chi connectivity index (χ4n) is 5.72. The van der Waals surface area contributed by atoms with Gasteiger partial charge in [-0.1, -0.05) is 35.5 Å². The van der Waals surface area contributed by atoms with Crippen LogP contribution in [0.15, 0.2) is 65.7 Å². The number of nitrogens with zero attached hydrogens (tertiary/aromatic N) is 5. The topological polar surface area (TPSA) is 112 Å². The molecule has 1 fully saturated rings. The number of aliphatic hydroxyl groups is 1. The van der Waals surface area contributed by atoms with Gasteiger partial charge in [0.05, 0.1) is 39.8 Å². The zero-order valence-electron chi connectivity index (χ0n) is 21.3. The molecule has 1 atom stereocenters. The van der Waals surface area contributed by atoms with E-state index in [-0.39, 0.29) is 23.5 Å². The highest BCUT2D eigenvalue weighted by Gasteiger charge is 2.31. The lowest BCUT2D eigenvalue weighted by Gasteiger charge is -2.33. The molecule has 5 aromatic rings. The molecule has 196 valence electrons. The quantitative estimate of drug-likeness (QED) is 0.354. The average Bonchev–Trinajstić information content (AvgIpc) is 3.46. The molecular weight excluding hydrogens is 502 g/mol. The highest BCUT2D eigenvalue weighted by molar-refractivity contribution is 7.90. The number of aliphatic hydroxyl groups excluding tert-OH is 1.